The van der Waals surface area contributed by atoms with Gasteiger partial charge >= 0.3 is 0 Å². The van der Waals surface area contributed by atoms with Crippen molar-refractivity contribution >= 4 is 60.3 Å². The number of carbonyl (C=O) groups excluding carboxylic acids is 4. The van der Waals surface area contributed by atoms with Crippen molar-refractivity contribution in [2.45, 2.75) is 12.8 Å². The van der Waals surface area contributed by atoms with Crippen molar-refractivity contribution in [2.75, 3.05) is 29.6 Å². The lowest BCUT2D eigenvalue weighted by atomic mass is 9.86. The molecule has 4 aromatic carbocycles. The molecule has 0 aliphatic carbocycles. The van der Waals surface area contributed by atoms with Gasteiger partial charge in [0, 0.05) is 33.0 Å². The van der Waals surface area contributed by atoms with Crippen molar-refractivity contribution in [2.24, 2.45) is 0 Å². The molecule has 0 saturated heterocycles. The molecule has 14 nitrogen and oxygen atoms in total. The number of nitrogens with zero attached hydrogens (tertiary/aromatic N) is 1. The monoisotopic (exact) mass is 694 g/mol. The Hall–Kier alpha value is -5.16. The summed E-state index contributed by atoms with van der Waals surface area (Å²) in [4.78, 5) is 54.0. The Morgan fingerprint density at radius 1 is 0.625 bits per heavy atom. The summed E-state index contributed by atoms with van der Waals surface area (Å²) < 4.78 is 74.2. The fourth-order valence-corrected chi connectivity index (χ4v) is 6.60. The highest BCUT2D eigenvalue weighted by atomic mass is 32.2. The van der Waals surface area contributed by atoms with E-state index in [1.807, 2.05) is 0 Å². The predicted octanol–water partition coefficient (Wildman–Crippen LogP) is 3.50. The van der Waals surface area contributed by atoms with Crippen LogP contribution in [0.3, 0.4) is 0 Å². The lowest BCUT2D eigenvalue weighted by Gasteiger charge is -2.30. The Balaban J connectivity index is 1.37. The first-order chi connectivity index (χ1) is 22.7. The van der Waals surface area contributed by atoms with E-state index < -0.39 is 55.4 Å². The van der Waals surface area contributed by atoms with Gasteiger partial charge in [-0.1, -0.05) is 18.2 Å². The van der Waals surface area contributed by atoms with Gasteiger partial charge in [0.25, 0.3) is 43.9 Å². The van der Waals surface area contributed by atoms with E-state index in [0.717, 1.165) is 4.90 Å². The van der Waals surface area contributed by atoms with Crippen LogP contribution in [0, 0.1) is 0 Å². The van der Waals surface area contributed by atoms with Crippen LogP contribution >= 0.6 is 0 Å². The van der Waals surface area contributed by atoms with E-state index in [0.29, 0.717) is 16.9 Å². The zero-order valence-electron chi connectivity index (χ0n) is 24.8. The molecule has 48 heavy (non-hydrogen) atoms. The molecule has 2 aliphatic rings. The van der Waals surface area contributed by atoms with Gasteiger partial charge in [-0.25, -0.2) is 4.90 Å². The molecule has 4 aromatic rings. The van der Waals surface area contributed by atoms with Gasteiger partial charge in [0.05, 0.1) is 30.4 Å². The van der Waals surface area contributed by atoms with Crippen molar-refractivity contribution < 1.29 is 54.6 Å². The van der Waals surface area contributed by atoms with Crippen LogP contribution in [-0.2, 0) is 20.2 Å². The SMILES string of the molecule is O=C1NC(=O)c2ccc3c4c(ccc1c24)C(=O)N(c1ccc(-c2cccc(OCCCS(=O)(=O)O)c2)cc1OCCCS(=O)(=O)O)C3=O. The molecule has 0 aromatic heterocycles. The first kappa shape index (κ1) is 32.8. The number of hydrogen-bond acceptors (Lipinski definition) is 10. The fraction of sp³-hybridized carbons (Fsp3) is 0.188. The Bertz CT molecular complexity index is 2200. The highest BCUT2D eigenvalue weighted by molar-refractivity contribution is 7.86. The topological polar surface area (TPSA) is 211 Å². The summed E-state index contributed by atoms with van der Waals surface area (Å²) in [6.45, 7) is -0.195. The van der Waals surface area contributed by atoms with E-state index >= 15 is 0 Å². The minimum absolute atomic E-state index is 0.0134. The molecule has 0 radical (unpaired) electrons. The van der Waals surface area contributed by atoms with Crippen LogP contribution in [0.5, 0.6) is 11.5 Å². The molecule has 3 N–H and O–H groups in total. The fourth-order valence-electron chi connectivity index (χ4n) is 5.63. The number of nitrogens with one attached hydrogen (secondary N) is 1. The number of benzene rings is 4. The van der Waals surface area contributed by atoms with Crippen molar-refractivity contribution in [1.29, 1.82) is 0 Å². The normalized spacial score (nSPS) is 14.3. The number of ether oxygens (including phenoxy) is 2. The zero-order valence-corrected chi connectivity index (χ0v) is 26.5. The van der Waals surface area contributed by atoms with Crippen molar-refractivity contribution in [3.05, 3.63) is 89.0 Å². The summed E-state index contributed by atoms with van der Waals surface area (Å²) >= 11 is 0. The molecule has 6 rings (SSSR count). The van der Waals surface area contributed by atoms with Crippen molar-refractivity contribution in [3.8, 4) is 22.6 Å². The van der Waals surface area contributed by atoms with Gasteiger partial charge in [-0.05, 0) is 72.5 Å². The first-order valence-electron chi connectivity index (χ1n) is 14.5. The van der Waals surface area contributed by atoms with Crippen LogP contribution in [0.1, 0.15) is 54.3 Å². The van der Waals surface area contributed by atoms with Gasteiger partial charge in [0.1, 0.15) is 11.5 Å². The van der Waals surface area contributed by atoms with Crippen LogP contribution in [-0.4, -0.2) is 74.3 Å². The maximum atomic E-state index is 14.0. The highest BCUT2D eigenvalue weighted by Crippen LogP contribution is 2.41. The second-order valence-electron chi connectivity index (χ2n) is 11.0. The molecule has 0 saturated carbocycles. The summed E-state index contributed by atoms with van der Waals surface area (Å²) in [5, 5.41) is 2.63. The lowest BCUT2D eigenvalue weighted by molar-refractivity contribution is 0.0837. The first-order valence-corrected chi connectivity index (χ1v) is 17.7. The largest absolute Gasteiger partial charge is 0.494 e. The van der Waals surface area contributed by atoms with E-state index in [2.05, 4.69) is 5.32 Å². The molecule has 2 heterocycles. The number of amides is 4. The average Bonchev–Trinajstić information content (AvgIpc) is 3.02. The van der Waals surface area contributed by atoms with E-state index in [4.69, 9.17) is 18.6 Å². The number of hydrogen-bond donors (Lipinski definition) is 3. The van der Waals surface area contributed by atoms with Gasteiger partial charge in [-0.3, -0.25) is 33.6 Å². The minimum atomic E-state index is -4.28. The third-order valence-corrected chi connectivity index (χ3v) is 9.34. The standard InChI is InChI=1S/C32H26N2O12S2/c35-29-21-7-9-23-28-24(10-8-22(27(21)28)30(36)33-29)32(38)34(31(23)37)25-11-6-19(17-26(25)46-13-3-15-48(42,43)44)18-4-1-5-20(16-18)45-12-2-14-47(39,40)41/h1,4-11,16-17H,2-3,12-15H2,(H,33,35,36)(H,39,40,41)(H,42,43,44). The quantitative estimate of drug-likeness (QED) is 0.111. The Labute approximate surface area is 273 Å². The number of imide groups is 2. The highest BCUT2D eigenvalue weighted by Gasteiger charge is 2.39. The summed E-state index contributed by atoms with van der Waals surface area (Å²) in [6.07, 6.45) is -0.0543. The van der Waals surface area contributed by atoms with Gasteiger partial charge in [0.2, 0.25) is 0 Å². The maximum Gasteiger partial charge on any atom is 0.266 e. The van der Waals surface area contributed by atoms with Gasteiger partial charge in [-0.2, -0.15) is 16.8 Å². The Morgan fingerprint density at radius 2 is 1.15 bits per heavy atom. The third-order valence-electron chi connectivity index (χ3n) is 7.73. The summed E-state index contributed by atoms with van der Waals surface area (Å²) in [5.41, 5.74) is 1.65. The molecule has 0 unspecified atom stereocenters. The molecule has 0 fully saturated rings. The van der Waals surface area contributed by atoms with E-state index in [1.165, 1.54) is 30.3 Å². The van der Waals surface area contributed by atoms with Crippen molar-refractivity contribution in [3.63, 3.8) is 0 Å². The smallest absolute Gasteiger partial charge is 0.266 e. The summed E-state index contributed by atoms with van der Waals surface area (Å²) in [7, 11) is -8.41. The maximum absolute atomic E-state index is 14.0. The molecule has 4 amide bonds. The average molecular weight is 695 g/mol. The van der Waals surface area contributed by atoms with E-state index in [1.54, 1.807) is 36.4 Å². The summed E-state index contributed by atoms with van der Waals surface area (Å²) in [6, 6.07) is 17.0. The number of rotatable bonds is 12. The second kappa shape index (κ2) is 12.5. The van der Waals surface area contributed by atoms with E-state index in [-0.39, 0.29) is 70.5 Å². The molecule has 0 spiro atoms. The zero-order chi connectivity index (χ0) is 34.4. The molecular weight excluding hydrogens is 668 g/mol. The van der Waals surface area contributed by atoms with Crippen LogP contribution in [0.2, 0.25) is 0 Å². The second-order valence-corrected chi connectivity index (χ2v) is 14.1. The van der Waals surface area contributed by atoms with Gasteiger partial charge in [0.15, 0.2) is 0 Å². The predicted molar refractivity (Wildman–Crippen MR) is 172 cm³/mol. The molecule has 16 heteroatoms. The summed E-state index contributed by atoms with van der Waals surface area (Å²) in [5.74, 6) is -3.41. The molecule has 2 aliphatic heterocycles. The number of anilines is 1. The van der Waals surface area contributed by atoms with Crippen LogP contribution in [0.4, 0.5) is 5.69 Å². The molecule has 248 valence electrons. The van der Waals surface area contributed by atoms with Gasteiger partial charge < -0.3 is 9.47 Å². The molecule has 0 bridgehead atoms. The molecular formula is C32H26N2O12S2. The minimum Gasteiger partial charge on any atom is -0.494 e. The van der Waals surface area contributed by atoms with E-state index in [9.17, 15) is 36.0 Å². The van der Waals surface area contributed by atoms with Crippen LogP contribution in [0.25, 0.3) is 21.9 Å². The van der Waals surface area contributed by atoms with Crippen LogP contribution < -0.4 is 19.7 Å². The van der Waals surface area contributed by atoms with Gasteiger partial charge in [-0.15, -0.1) is 0 Å². The molecule has 0 atom stereocenters. The lowest BCUT2D eigenvalue weighted by Crippen LogP contribution is -2.42. The van der Waals surface area contributed by atoms with Crippen LogP contribution in [0.15, 0.2) is 66.7 Å². The number of carbonyl (C=O) groups is 4. The third kappa shape index (κ3) is 6.50. The Morgan fingerprint density at radius 3 is 1.73 bits per heavy atom. The van der Waals surface area contributed by atoms with Crippen molar-refractivity contribution in [1.82, 2.24) is 5.32 Å². The Kier molecular flexibility index (Phi) is 8.51.